The Morgan fingerprint density at radius 3 is 2.67 bits per heavy atom. The van der Waals surface area contributed by atoms with Crippen molar-refractivity contribution >= 4 is 34.9 Å². The lowest BCUT2D eigenvalue weighted by Crippen LogP contribution is -2.08. The maximum Gasteiger partial charge on any atom is 0.154 e. The Morgan fingerprint density at radius 2 is 2.00 bits per heavy atom. The number of hydrogen-bond donors (Lipinski definition) is 2. The molecule has 0 fully saturated rings. The second-order valence-corrected chi connectivity index (χ2v) is 6.60. The molecule has 0 spiro atoms. The van der Waals surface area contributed by atoms with E-state index in [1.807, 2.05) is 6.92 Å². The number of aryl methyl sites for hydroxylation is 1. The van der Waals surface area contributed by atoms with Gasteiger partial charge in [-0.3, -0.25) is 0 Å². The Balaban J connectivity index is 2.06. The zero-order valence-electron chi connectivity index (χ0n) is 12.1. The average molecular weight is 323 g/mol. The van der Waals surface area contributed by atoms with E-state index in [0.29, 0.717) is 23.9 Å². The van der Waals surface area contributed by atoms with Crippen molar-refractivity contribution in [1.29, 1.82) is 0 Å². The minimum absolute atomic E-state index is 0.258. The summed E-state index contributed by atoms with van der Waals surface area (Å²) in [7, 11) is 0. The lowest BCUT2D eigenvalue weighted by molar-refractivity contribution is 1.01. The normalized spacial score (nSPS) is 12.1. The highest BCUT2D eigenvalue weighted by molar-refractivity contribution is 8.00. The second kappa shape index (κ2) is 7.52. The molecule has 1 aromatic carbocycles. The molecular formula is C15H19ClN4S. The van der Waals surface area contributed by atoms with Crippen molar-refractivity contribution in [2.45, 2.75) is 30.7 Å². The molecule has 0 amide bonds. The summed E-state index contributed by atoms with van der Waals surface area (Å²) in [5.41, 5.74) is 9.13. The Labute approximate surface area is 134 Å². The molecule has 1 aromatic heterocycles. The fourth-order valence-electron chi connectivity index (χ4n) is 1.73. The zero-order valence-corrected chi connectivity index (χ0v) is 13.7. The van der Waals surface area contributed by atoms with Crippen LogP contribution in [0.4, 0.5) is 11.5 Å². The second-order valence-electron chi connectivity index (χ2n) is 4.86. The summed E-state index contributed by atoms with van der Waals surface area (Å²) in [5, 5.41) is 4.28. The van der Waals surface area contributed by atoms with E-state index in [-0.39, 0.29) is 5.25 Å². The molecule has 2 rings (SSSR count). The number of aromatic nitrogens is 2. The van der Waals surface area contributed by atoms with E-state index in [0.717, 1.165) is 5.03 Å². The molecule has 0 bridgehead atoms. The highest BCUT2D eigenvalue weighted by Crippen LogP contribution is 2.30. The van der Waals surface area contributed by atoms with Crippen LogP contribution in [0.1, 0.15) is 18.1 Å². The molecule has 0 aliphatic rings. The van der Waals surface area contributed by atoms with Crippen LogP contribution in [0.3, 0.4) is 0 Å². The van der Waals surface area contributed by atoms with E-state index in [1.54, 1.807) is 11.8 Å². The predicted octanol–water partition coefficient (Wildman–Crippen LogP) is 3.70. The van der Waals surface area contributed by atoms with Gasteiger partial charge in [0.1, 0.15) is 17.0 Å². The van der Waals surface area contributed by atoms with Crippen molar-refractivity contribution < 1.29 is 0 Å². The lowest BCUT2D eigenvalue weighted by atomic mass is 10.1. The molecule has 2 aromatic rings. The van der Waals surface area contributed by atoms with Gasteiger partial charge in [0.15, 0.2) is 5.82 Å². The number of nitrogens with zero attached hydrogens (tertiary/aromatic N) is 2. The van der Waals surface area contributed by atoms with Crippen LogP contribution in [0.2, 0.25) is 0 Å². The van der Waals surface area contributed by atoms with Crippen molar-refractivity contribution in [3.8, 4) is 0 Å². The van der Waals surface area contributed by atoms with Crippen LogP contribution < -0.4 is 11.1 Å². The predicted molar refractivity (Wildman–Crippen MR) is 91.0 cm³/mol. The highest BCUT2D eigenvalue weighted by atomic mass is 35.5. The molecule has 1 heterocycles. The highest BCUT2D eigenvalue weighted by Gasteiger charge is 2.11. The first-order valence-electron chi connectivity index (χ1n) is 6.72. The van der Waals surface area contributed by atoms with Gasteiger partial charge in [0.05, 0.1) is 0 Å². The number of nitrogen functional groups attached to an aromatic ring is 1. The molecule has 1 unspecified atom stereocenters. The standard InChI is InChI=1S/C15H19ClN4S/c1-10-3-5-12(6-4-10)8-18-14-13(17)15(20-9-19-14)21-11(2)7-16/h3-6,9,11H,7-8,17H2,1-2H3,(H,18,19,20). The van der Waals surface area contributed by atoms with Gasteiger partial charge in [-0.2, -0.15) is 0 Å². The van der Waals surface area contributed by atoms with Gasteiger partial charge in [-0.15, -0.1) is 11.6 Å². The molecular weight excluding hydrogens is 304 g/mol. The number of hydrogen-bond acceptors (Lipinski definition) is 5. The van der Waals surface area contributed by atoms with Crippen molar-refractivity contribution in [1.82, 2.24) is 9.97 Å². The zero-order chi connectivity index (χ0) is 15.2. The Hall–Kier alpha value is -1.46. The summed E-state index contributed by atoms with van der Waals surface area (Å²) in [6, 6.07) is 8.35. The Kier molecular flexibility index (Phi) is 5.70. The molecule has 6 heteroatoms. The molecule has 4 nitrogen and oxygen atoms in total. The number of nitrogens with one attached hydrogen (secondary N) is 1. The largest absolute Gasteiger partial charge is 0.394 e. The average Bonchev–Trinajstić information content (AvgIpc) is 2.49. The maximum atomic E-state index is 6.12. The van der Waals surface area contributed by atoms with Crippen molar-refractivity contribution in [2.75, 3.05) is 16.9 Å². The van der Waals surface area contributed by atoms with Crippen molar-refractivity contribution in [3.05, 3.63) is 41.7 Å². The lowest BCUT2D eigenvalue weighted by Gasteiger charge is -2.12. The van der Waals surface area contributed by atoms with Crippen LogP contribution in [0, 0.1) is 6.92 Å². The minimum atomic E-state index is 0.258. The Bertz CT molecular complexity index is 589. The molecule has 112 valence electrons. The summed E-state index contributed by atoms with van der Waals surface area (Å²) in [4.78, 5) is 8.43. The van der Waals surface area contributed by atoms with E-state index in [9.17, 15) is 0 Å². The summed E-state index contributed by atoms with van der Waals surface area (Å²) in [5.74, 6) is 1.22. The summed E-state index contributed by atoms with van der Waals surface area (Å²) in [6.45, 7) is 4.79. The molecule has 21 heavy (non-hydrogen) atoms. The molecule has 3 N–H and O–H groups in total. The molecule has 0 saturated carbocycles. The van der Waals surface area contributed by atoms with Gasteiger partial charge in [-0.05, 0) is 12.5 Å². The number of nitrogens with two attached hydrogens (primary N) is 1. The van der Waals surface area contributed by atoms with Gasteiger partial charge in [0.25, 0.3) is 0 Å². The van der Waals surface area contributed by atoms with Gasteiger partial charge in [-0.1, -0.05) is 48.5 Å². The van der Waals surface area contributed by atoms with Gasteiger partial charge in [0.2, 0.25) is 0 Å². The van der Waals surface area contributed by atoms with Gasteiger partial charge < -0.3 is 11.1 Å². The quantitative estimate of drug-likeness (QED) is 0.482. The first-order valence-corrected chi connectivity index (χ1v) is 8.14. The SMILES string of the molecule is Cc1ccc(CNc2ncnc(SC(C)CCl)c2N)cc1. The number of benzene rings is 1. The van der Waals surface area contributed by atoms with E-state index in [1.165, 1.54) is 17.5 Å². The third-order valence-electron chi connectivity index (χ3n) is 2.96. The first kappa shape index (κ1) is 15.9. The van der Waals surface area contributed by atoms with Gasteiger partial charge in [-0.25, -0.2) is 9.97 Å². The number of anilines is 2. The van der Waals surface area contributed by atoms with Crippen LogP contribution in [-0.2, 0) is 6.54 Å². The van der Waals surface area contributed by atoms with E-state index < -0.39 is 0 Å². The maximum absolute atomic E-state index is 6.12. The summed E-state index contributed by atoms with van der Waals surface area (Å²) >= 11 is 7.39. The molecule has 0 radical (unpaired) electrons. The van der Waals surface area contributed by atoms with E-state index in [4.69, 9.17) is 17.3 Å². The number of thioether (sulfide) groups is 1. The molecule has 0 saturated heterocycles. The fourth-order valence-corrected chi connectivity index (χ4v) is 2.69. The van der Waals surface area contributed by atoms with E-state index in [2.05, 4.69) is 46.5 Å². The summed E-state index contributed by atoms with van der Waals surface area (Å²) in [6.07, 6.45) is 1.52. The fraction of sp³-hybridized carbons (Fsp3) is 0.333. The summed E-state index contributed by atoms with van der Waals surface area (Å²) < 4.78 is 0. The van der Waals surface area contributed by atoms with Crippen LogP contribution in [0.25, 0.3) is 0 Å². The van der Waals surface area contributed by atoms with Gasteiger partial charge in [0, 0.05) is 17.7 Å². The third-order valence-corrected chi connectivity index (χ3v) is 4.72. The smallest absolute Gasteiger partial charge is 0.154 e. The first-order chi connectivity index (χ1) is 10.1. The van der Waals surface area contributed by atoms with Crippen molar-refractivity contribution in [3.63, 3.8) is 0 Å². The Morgan fingerprint density at radius 1 is 1.29 bits per heavy atom. The van der Waals surface area contributed by atoms with Crippen LogP contribution in [-0.4, -0.2) is 21.1 Å². The number of halogens is 1. The van der Waals surface area contributed by atoms with Crippen molar-refractivity contribution in [2.24, 2.45) is 0 Å². The number of alkyl halides is 1. The monoisotopic (exact) mass is 322 g/mol. The molecule has 1 atom stereocenters. The third kappa shape index (κ3) is 4.51. The topological polar surface area (TPSA) is 63.8 Å². The minimum Gasteiger partial charge on any atom is -0.394 e. The van der Waals surface area contributed by atoms with Gasteiger partial charge >= 0.3 is 0 Å². The van der Waals surface area contributed by atoms with Crippen LogP contribution in [0.5, 0.6) is 0 Å². The van der Waals surface area contributed by atoms with Crippen LogP contribution >= 0.6 is 23.4 Å². The van der Waals surface area contributed by atoms with E-state index >= 15 is 0 Å². The van der Waals surface area contributed by atoms with Crippen LogP contribution in [0.15, 0.2) is 35.6 Å². The molecule has 0 aliphatic carbocycles. The number of rotatable bonds is 6. The molecule has 0 aliphatic heterocycles.